The van der Waals surface area contributed by atoms with Gasteiger partial charge in [0.15, 0.2) is 0 Å². The number of carbonyl (C=O) groups excluding carboxylic acids is 1. The van der Waals surface area contributed by atoms with Gasteiger partial charge in [-0.3, -0.25) is 4.79 Å². The van der Waals surface area contributed by atoms with E-state index in [1.807, 2.05) is 24.3 Å². The lowest BCUT2D eigenvalue weighted by molar-refractivity contribution is -0.132. The fraction of sp³-hybridized carbons (Fsp3) is 0.381. The summed E-state index contributed by atoms with van der Waals surface area (Å²) in [5, 5.41) is 0.486. The minimum absolute atomic E-state index is 0.00934. The van der Waals surface area contributed by atoms with E-state index in [-0.39, 0.29) is 28.9 Å². The summed E-state index contributed by atoms with van der Waals surface area (Å²) in [5.74, 6) is 1.46. The Kier molecular flexibility index (Phi) is 8.05. The second-order valence-electron chi connectivity index (χ2n) is 6.99. The number of hydrogen-bond donors (Lipinski definition) is 0. The predicted octanol–water partition coefficient (Wildman–Crippen LogP) is 3.69. The van der Waals surface area contributed by atoms with Gasteiger partial charge in [0.25, 0.3) is 0 Å². The number of nitrogens with zero attached hydrogens (tertiary/aromatic N) is 2. The first-order valence-electron chi connectivity index (χ1n) is 9.81. The number of amides is 1. The summed E-state index contributed by atoms with van der Waals surface area (Å²) in [5.41, 5.74) is 0. The topological polar surface area (TPSA) is 76.2 Å². The molecule has 1 saturated heterocycles. The second kappa shape index (κ2) is 10.5. The van der Waals surface area contributed by atoms with Crippen molar-refractivity contribution in [3.8, 4) is 11.5 Å². The summed E-state index contributed by atoms with van der Waals surface area (Å²) in [4.78, 5) is 14.2. The zero-order valence-electron chi connectivity index (χ0n) is 17.1. The highest BCUT2D eigenvalue weighted by molar-refractivity contribution is 7.89. The van der Waals surface area contributed by atoms with Crippen molar-refractivity contribution in [1.29, 1.82) is 0 Å². The molecule has 0 aromatic heterocycles. The fourth-order valence-corrected chi connectivity index (χ4v) is 5.02. The Morgan fingerprint density at radius 1 is 0.968 bits per heavy atom. The molecule has 0 bridgehead atoms. The highest BCUT2D eigenvalue weighted by atomic mass is 35.5. The molecule has 0 saturated carbocycles. The summed E-state index contributed by atoms with van der Waals surface area (Å²) in [6.07, 6.45) is 0.919. The van der Waals surface area contributed by atoms with Crippen LogP contribution in [0, 0.1) is 0 Å². The van der Waals surface area contributed by atoms with Gasteiger partial charge in [0, 0.05) is 32.6 Å². The first-order valence-corrected chi connectivity index (χ1v) is 12.0. The monoisotopic (exact) mass is 486 g/mol. The number of sulfonamides is 1. The first kappa shape index (κ1) is 23.7. The van der Waals surface area contributed by atoms with Gasteiger partial charge in [-0.2, -0.15) is 4.31 Å². The molecule has 1 fully saturated rings. The SMILES string of the molecule is COc1ccc(OCCCC(=O)N2CCN(S(=O)(=O)c3ccc(Cl)c(Cl)c3)CC2)cc1. The molecule has 1 aliphatic heterocycles. The Bertz CT molecular complexity index is 1010. The number of hydrogen-bond acceptors (Lipinski definition) is 5. The van der Waals surface area contributed by atoms with Crippen LogP contribution in [0.2, 0.25) is 10.0 Å². The van der Waals surface area contributed by atoms with Gasteiger partial charge in [0.1, 0.15) is 11.5 Å². The molecule has 0 unspecified atom stereocenters. The van der Waals surface area contributed by atoms with Crippen LogP contribution in [0.3, 0.4) is 0 Å². The second-order valence-corrected chi connectivity index (χ2v) is 9.74. The van der Waals surface area contributed by atoms with Crippen LogP contribution in [0.15, 0.2) is 47.4 Å². The molecular weight excluding hydrogens is 463 g/mol. The van der Waals surface area contributed by atoms with Gasteiger partial charge < -0.3 is 14.4 Å². The van der Waals surface area contributed by atoms with E-state index in [2.05, 4.69) is 0 Å². The maximum absolute atomic E-state index is 12.8. The molecule has 1 amide bonds. The summed E-state index contributed by atoms with van der Waals surface area (Å²) in [6.45, 7) is 1.58. The summed E-state index contributed by atoms with van der Waals surface area (Å²) in [7, 11) is -2.08. The van der Waals surface area contributed by atoms with Gasteiger partial charge >= 0.3 is 0 Å². The number of ether oxygens (including phenoxy) is 2. The molecule has 168 valence electrons. The Balaban J connectivity index is 1.44. The van der Waals surface area contributed by atoms with E-state index in [4.69, 9.17) is 32.7 Å². The van der Waals surface area contributed by atoms with Gasteiger partial charge in [-0.1, -0.05) is 23.2 Å². The van der Waals surface area contributed by atoms with Crippen LogP contribution < -0.4 is 9.47 Å². The lowest BCUT2D eigenvalue weighted by Crippen LogP contribution is -2.50. The Morgan fingerprint density at radius 2 is 1.61 bits per heavy atom. The molecule has 2 aromatic rings. The van der Waals surface area contributed by atoms with Crippen molar-refractivity contribution >= 4 is 39.1 Å². The standard InChI is InChI=1S/C21H24Cl2N2O5S/c1-29-16-4-6-17(7-5-16)30-14-2-3-21(26)24-10-12-25(13-11-24)31(27,28)18-8-9-19(22)20(23)15-18/h4-9,15H,2-3,10-14H2,1H3. The predicted molar refractivity (Wildman–Crippen MR) is 120 cm³/mol. The van der Waals surface area contributed by atoms with Crippen LogP contribution in [-0.4, -0.2) is 63.4 Å². The third-order valence-corrected chi connectivity index (χ3v) is 7.62. The molecular formula is C21H24Cl2N2O5S. The maximum atomic E-state index is 12.8. The van der Waals surface area contributed by atoms with Crippen molar-refractivity contribution < 1.29 is 22.7 Å². The van der Waals surface area contributed by atoms with E-state index >= 15 is 0 Å². The van der Waals surface area contributed by atoms with E-state index in [9.17, 15) is 13.2 Å². The van der Waals surface area contributed by atoms with Crippen LogP contribution in [0.5, 0.6) is 11.5 Å². The molecule has 0 N–H and O–H groups in total. The fourth-order valence-electron chi connectivity index (χ4n) is 3.21. The largest absolute Gasteiger partial charge is 0.497 e. The molecule has 3 rings (SSSR count). The number of methoxy groups -OCH3 is 1. The van der Waals surface area contributed by atoms with Crippen molar-refractivity contribution in [3.05, 3.63) is 52.5 Å². The van der Waals surface area contributed by atoms with Gasteiger partial charge in [-0.25, -0.2) is 8.42 Å². The first-order chi connectivity index (χ1) is 14.8. The van der Waals surface area contributed by atoms with E-state index in [0.717, 1.165) is 11.5 Å². The third-order valence-electron chi connectivity index (χ3n) is 4.98. The van der Waals surface area contributed by atoms with Crippen LogP contribution in [0.25, 0.3) is 0 Å². The molecule has 0 aliphatic carbocycles. The molecule has 10 heteroatoms. The van der Waals surface area contributed by atoms with Crippen LogP contribution in [-0.2, 0) is 14.8 Å². The van der Waals surface area contributed by atoms with Crippen molar-refractivity contribution in [2.45, 2.75) is 17.7 Å². The zero-order valence-corrected chi connectivity index (χ0v) is 19.4. The quantitative estimate of drug-likeness (QED) is 0.531. The van der Waals surface area contributed by atoms with Gasteiger partial charge in [-0.05, 0) is 48.9 Å². The molecule has 1 heterocycles. The molecule has 2 aromatic carbocycles. The number of halogens is 2. The Morgan fingerprint density at radius 3 is 2.23 bits per heavy atom. The molecule has 7 nitrogen and oxygen atoms in total. The van der Waals surface area contributed by atoms with Gasteiger partial charge in [-0.15, -0.1) is 0 Å². The average Bonchev–Trinajstić information content (AvgIpc) is 2.78. The highest BCUT2D eigenvalue weighted by Crippen LogP contribution is 2.27. The maximum Gasteiger partial charge on any atom is 0.243 e. The summed E-state index contributed by atoms with van der Waals surface area (Å²) in [6, 6.07) is 11.5. The van der Waals surface area contributed by atoms with E-state index < -0.39 is 10.0 Å². The van der Waals surface area contributed by atoms with Crippen molar-refractivity contribution in [2.24, 2.45) is 0 Å². The number of piperazine rings is 1. The highest BCUT2D eigenvalue weighted by Gasteiger charge is 2.30. The summed E-state index contributed by atoms with van der Waals surface area (Å²) >= 11 is 11.8. The van der Waals surface area contributed by atoms with Crippen LogP contribution in [0.4, 0.5) is 0 Å². The van der Waals surface area contributed by atoms with Crippen LogP contribution in [0.1, 0.15) is 12.8 Å². The zero-order chi connectivity index (χ0) is 22.4. The minimum atomic E-state index is -3.68. The molecule has 1 aliphatic rings. The Hall–Kier alpha value is -2.00. The third kappa shape index (κ3) is 6.04. The lowest BCUT2D eigenvalue weighted by Gasteiger charge is -2.34. The van der Waals surface area contributed by atoms with E-state index in [1.165, 1.54) is 22.5 Å². The Labute approximate surface area is 192 Å². The number of benzene rings is 2. The van der Waals surface area contributed by atoms with Crippen molar-refractivity contribution in [3.63, 3.8) is 0 Å². The molecule has 0 atom stereocenters. The number of rotatable bonds is 8. The smallest absolute Gasteiger partial charge is 0.243 e. The van der Waals surface area contributed by atoms with E-state index in [0.29, 0.717) is 37.6 Å². The summed E-state index contributed by atoms with van der Waals surface area (Å²) < 4.78 is 37.7. The molecule has 31 heavy (non-hydrogen) atoms. The normalized spacial score (nSPS) is 15.0. The van der Waals surface area contributed by atoms with Crippen molar-refractivity contribution in [2.75, 3.05) is 39.9 Å². The molecule has 0 spiro atoms. The molecule has 0 radical (unpaired) electrons. The average molecular weight is 487 g/mol. The number of carbonyl (C=O) groups is 1. The van der Waals surface area contributed by atoms with Gasteiger partial charge in [0.2, 0.25) is 15.9 Å². The van der Waals surface area contributed by atoms with Gasteiger partial charge in [0.05, 0.1) is 28.7 Å². The van der Waals surface area contributed by atoms with E-state index in [1.54, 1.807) is 12.0 Å². The lowest BCUT2D eigenvalue weighted by atomic mass is 10.2. The van der Waals surface area contributed by atoms with Crippen LogP contribution >= 0.6 is 23.2 Å². The van der Waals surface area contributed by atoms with Crippen molar-refractivity contribution in [1.82, 2.24) is 9.21 Å². The minimum Gasteiger partial charge on any atom is -0.497 e.